The number of amides is 2. The average molecular weight is 232 g/mol. The van der Waals surface area contributed by atoms with E-state index in [0.29, 0.717) is 0 Å². The first kappa shape index (κ1) is 14.2. The molecule has 0 aliphatic heterocycles. The summed E-state index contributed by atoms with van der Waals surface area (Å²) >= 11 is 0. The number of carbonyl (C=O) groups excluding carboxylic acids is 2. The number of carboxylic acids is 1. The highest BCUT2D eigenvalue weighted by molar-refractivity contribution is 5.83. The van der Waals surface area contributed by atoms with Gasteiger partial charge in [0.25, 0.3) is 0 Å². The third-order valence-electron chi connectivity index (χ3n) is 1.89. The van der Waals surface area contributed by atoms with Gasteiger partial charge in [0, 0.05) is 6.54 Å². The molecular weight excluding hydrogens is 216 g/mol. The first-order valence-electron chi connectivity index (χ1n) is 4.61. The minimum atomic E-state index is -1.04. The van der Waals surface area contributed by atoms with Gasteiger partial charge in [-0.25, -0.2) is 4.79 Å². The normalized spacial score (nSPS) is 10.4. The van der Waals surface area contributed by atoms with Crippen molar-refractivity contribution in [2.24, 2.45) is 5.41 Å². The van der Waals surface area contributed by atoms with E-state index in [1.807, 2.05) is 0 Å². The molecular formula is C9H16N2O5. The second kappa shape index (κ2) is 5.94. The minimum absolute atomic E-state index is 0.00990. The van der Waals surface area contributed by atoms with Gasteiger partial charge in [-0.2, -0.15) is 0 Å². The number of rotatable bonds is 5. The van der Waals surface area contributed by atoms with Crippen LogP contribution in [0.5, 0.6) is 0 Å². The molecule has 92 valence electrons. The Morgan fingerprint density at radius 2 is 1.81 bits per heavy atom. The molecule has 0 radical (unpaired) electrons. The van der Waals surface area contributed by atoms with Crippen molar-refractivity contribution in [3.63, 3.8) is 0 Å². The van der Waals surface area contributed by atoms with Crippen molar-refractivity contribution < 1.29 is 24.2 Å². The molecule has 0 spiro atoms. The lowest BCUT2D eigenvalue weighted by Gasteiger charge is -2.19. The number of hydrogen-bond acceptors (Lipinski definition) is 4. The Kier molecular flexibility index (Phi) is 5.27. The fourth-order valence-electron chi connectivity index (χ4n) is 0.682. The maximum absolute atomic E-state index is 11.2. The second-order valence-corrected chi connectivity index (χ2v) is 3.81. The van der Waals surface area contributed by atoms with Crippen LogP contribution in [-0.4, -0.2) is 43.3 Å². The van der Waals surface area contributed by atoms with Crippen LogP contribution in [0.3, 0.4) is 0 Å². The van der Waals surface area contributed by atoms with Crippen LogP contribution in [0.2, 0.25) is 0 Å². The van der Waals surface area contributed by atoms with Gasteiger partial charge in [-0.1, -0.05) is 0 Å². The van der Waals surface area contributed by atoms with Crippen LogP contribution < -0.4 is 10.6 Å². The highest BCUT2D eigenvalue weighted by Crippen LogP contribution is 2.12. The summed E-state index contributed by atoms with van der Waals surface area (Å²) in [5.74, 6) is -1.48. The third kappa shape index (κ3) is 5.18. The Labute approximate surface area is 93.2 Å². The van der Waals surface area contributed by atoms with E-state index in [1.165, 1.54) is 21.0 Å². The Morgan fingerprint density at radius 3 is 2.25 bits per heavy atom. The molecule has 3 N–H and O–H groups in total. The van der Waals surface area contributed by atoms with E-state index in [4.69, 9.17) is 5.11 Å². The lowest BCUT2D eigenvalue weighted by atomic mass is 9.94. The summed E-state index contributed by atoms with van der Waals surface area (Å²) in [6, 6.07) is 0. The molecule has 2 amide bonds. The third-order valence-corrected chi connectivity index (χ3v) is 1.89. The zero-order valence-electron chi connectivity index (χ0n) is 9.49. The molecule has 0 aliphatic carbocycles. The highest BCUT2D eigenvalue weighted by Gasteiger charge is 2.27. The van der Waals surface area contributed by atoms with Crippen LogP contribution in [0.25, 0.3) is 0 Å². The lowest BCUT2D eigenvalue weighted by molar-refractivity contribution is -0.146. The zero-order valence-corrected chi connectivity index (χ0v) is 9.49. The molecule has 0 atom stereocenters. The van der Waals surface area contributed by atoms with Crippen molar-refractivity contribution in [1.82, 2.24) is 10.6 Å². The predicted molar refractivity (Wildman–Crippen MR) is 54.8 cm³/mol. The summed E-state index contributed by atoms with van der Waals surface area (Å²) in [7, 11) is 1.18. The van der Waals surface area contributed by atoms with Crippen LogP contribution in [0, 0.1) is 5.41 Å². The molecule has 7 nitrogen and oxygen atoms in total. The smallest absolute Gasteiger partial charge is 0.407 e. The molecule has 0 heterocycles. The SMILES string of the molecule is COC(=O)NCC(=O)NCC(C)(C)C(=O)O. The maximum atomic E-state index is 11.2. The van der Waals surface area contributed by atoms with E-state index < -0.39 is 23.4 Å². The summed E-state index contributed by atoms with van der Waals surface area (Å²) in [6.45, 7) is 2.72. The van der Waals surface area contributed by atoms with Gasteiger partial charge in [0.2, 0.25) is 5.91 Å². The van der Waals surface area contributed by atoms with Gasteiger partial charge in [-0.3, -0.25) is 9.59 Å². The van der Waals surface area contributed by atoms with Gasteiger partial charge in [0.15, 0.2) is 0 Å². The summed E-state index contributed by atoms with van der Waals surface area (Å²) < 4.78 is 4.26. The molecule has 0 aromatic heterocycles. The van der Waals surface area contributed by atoms with Crippen molar-refractivity contribution in [2.75, 3.05) is 20.2 Å². The molecule has 0 aromatic carbocycles. The molecule has 16 heavy (non-hydrogen) atoms. The van der Waals surface area contributed by atoms with Gasteiger partial charge in [-0.15, -0.1) is 0 Å². The number of nitrogens with one attached hydrogen (secondary N) is 2. The molecule has 7 heteroatoms. The Balaban J connectivity index is 3.90. The van der Waals surface area contributed by atoms with E-state index in [1.54, 1.807) is 0 Å². The monoisotopic (exact) mass is 232 g/mol. The molecule has 0 saturated heterocycles. The molecule has 0 bridgehead atoms. The molecule has 0 aromatic rings. The van der Waals surface area contributed by atoms with E-state index in [9.17, 15) is 14.4 Å². The largest absolute Gasteiger partial charge is 0.481 e. The fourth-order valence-corrected chi connectivity index (χ4v) is 0.682. The quantitative estimate of drug-likeness (QED) is 0.596. The average Bonchev–Trinajstić information content (AvgIpc) is 2.22. The number of methoxy groups -OCH3 is 1. The van der Waals surface area contributed by atoms with Crippen LogP contribution in [-0.2, 0) is 14.3 Å². The minimum Gasteiger partial charge on any atom is -0.481 e. The van der Waals surface area contributed by atoms with Gasteiger partial charge < -0.3 is 20.5 Å². The predicted octanol–water partition coefficient (Wildman–Crippen LogP) is -0.431. The first-order chi connectivity index (χ1) is 7.29. The maximum Gasteiger partial charge on any atom is 0.407 e. The molecule has 0 unspecified atom stereocenters. The van der Waals surface area contributed by atoms with Crippen molar-refractivity contribution in [1.29, 1.82) is 0 Å². The van der Waals surface area contributed by atoms with E-state index in [0.717, 1.165) is 0 Å². The summed E-state index contributed by atoms with van der Waals surface area (Å²) in [5.41, 5.74) is -1.04. The number of carbonyl (C=O) groups is 3. The highest BCUT2D eigenvalue weighted by atomic mass is 16.5. The molecule has 0 aliphatic rings. The van der Waals surface area contributed by atoms with Gasteiger partial charge in [0.05, 0.1) is 19.1 Å². The Morgan fingerprint density at radius 1 is 1.25 bits per heavy atom. The Hall–Kier alpha value is -1.79. The van der Waals surface area contributed by atoms with E-state index in [-0.39, 0.29) is 13.1 Å². The van der Waals surface area contributed by atoms with Gasteiger partial charge >= 0.3 is 12.1 Å². The number of alkyl carbamates (subject to hydrolysis) is 1. The van der Waals surface area contributed by atoms with Gasteiger partial charge in [0.1, 0.15) is 0 Å². The van der Waals surface area contributed by atoms with Crippen molar-refractivity contribution in [3.05, 3.63) is 0 Å². The molecule has 0 fully saturated rings. The number of ether oxygens (including phenoxy) is 1. The lowest BCUT2D eigenvalue weighted by Crippen LogP contribution is -2.43. The summed E-state index contributed by atoms with van der Waals surface area (Å²) in [4.78, 5) is 32.5. The molecule has 0 rings (SSSR count). The zero-order chi connectivity index (χ0) is 12.8. The van der Waals surface area contributed by atoms with E-state index in [2.05, 4.69) is 15.4 Å². The van der Waals surface area contributed by atoms with Crippen molar-refractivity contribution >= 4 is 18.0 Å². The topological polar surface area (TPSA) is 105 Å². The standard InChI is InChI=1S/C9H16N2O5/c1-9(2,7(13)14)5-11-6(12)4-10-8(15)16-3/h4-5H2,1-3H3,(H,10,15)(H,11,12)(H,13,14). The van der Waals surface area contributed by atoms with Crippen LogP contribution in [0.15, 0.2) is 0 Å². The van der Waals surface area contributed by atoms with Crippen LogP contribution >= 0.6 is 0 Å². The van der Waals surface area contributed by atoms with E-state index >= 15 is 0 Å². The summed E-state index contributed by atoms with van der Waals surface area (Å²) in [6.07, 6.45) is -0.715. The van der Waals surface area contributed by atoms with Crippen molar-refractivity contribution in [3.8, 4) is 0 Å². The summed E-state index contributed by atoms with van der Waals surface area (Å²) in [5, 5.41) is 13.3. The Bertz CT molecular complexity index is 288. The van der Waals surface area contributed by atoms with Crippen LogP contribution in [0.4, 0.5) is 4.79 Å². The number of aliphatic carboxylic acids is 1. The number of hydrogen-bond donors (Lipinski definition) is 3. The molecule has 0 saturated carbocycles. The van der Waals surface area contributed by atoms with Crippen molar-refractivity contribution in [2.45, 2.75) is 13.8 Å². The number of carboxylic acid groups (broad SMARTS) is 1. The van der Waals surface area contributed by atoms with Gasteiger partial charge in [-0.05, 0) is 13.8 Å². The first-order valence-corrected chi connectivity index (χ1v) is 4.61. The fraction of sp³-hybridized carbons (Fsp3) is 0.667. The second-order valence-electron chi connectivity index (χ2n) is 3.81. The van der Waals surface area contributed by atoms with Crippen LogP contribution in [0.1, 0.15) is 13.8 Å².